The number of carbonyl (C=O) groups is 1. The van der Waals surface area contributed by atoms with Gasteiger partial charge in [-0.25, -0.2) is 9.97 Å². The van der Waals surface area contributed by atoms with Crippen molar-refractivity contribution in [3.8, 4) is 17.0 Å². The first-order valence-electron chi connectivity index (χ1n) is 8.52. The Morgan fingerprint density at radius 2 is 1.82 bits per heavy atom. The number of phenolic OH excluding ortho intramolecular Hbond substituents is 1. The standard InChI is InChI=1S/C21H16N4O2S/c26-17-7-2-6-16(13-17)24-21-22-10-9-18(25-21)14-4-1-5-15(12-14)23-20(27)19-8-3-11-28-19/h1-13,26H,(H,23,27)(H,22,24,25). The number of amides is 1. The Balaban J connectivity index is 1.55. The summed E-state index contributed by atoms with van der Waals surface area (Å²) < 4.78 is 0. The summed E-state index contributed by atoms with van der Waals surface area (Å²) in [6, 6.07) is 19.7. The van der Waals surface area contributed by atoms with Crippen molar-refractivity contribution in [2.45, 2.75) is 0 Å². The molecule has 138 valence electrons. The summed E-state index contributed by atoms with van der Waals surface area (Å²) in [5, 5.41) is 17.4. The van der Waals surface area contributed by atoms with Crippen LogP contribution in [0.15, 0.2) is 78.3 Å². The molecule has 0 atom stereocenters. The van der Waals surface area contributed by atoms with Gasteiger partial charge in [-0.2, -0.15) is 0 Å². The molecule has 0 fully saturated rings. The third-order valence-electron chi connectivity index (χ3n) is 3.92. The van der Waals surface area contributed by atoms with E-state index in [0.717, 1.165) is 5.56 Å². The van der Waals surface area contributed by atoms with Crippen molar-refractivity contribution in [1.82, 2.24) is 9.97 Å². The Labute approximate surface area is 165 Å². The number of anilines is 3. The van der Waals surface area contributed by atoms with Gasteiger partial charge in [0, 0.05) is 29.2 Å². The molecule has 0 aliphatic carbocycles. The summed E-state index contributed by atoms with van der Waals surface area (Å²) >= 11 is 1.40. The van der Waals surface area contributed by atoms with Crippen molar-refractivity contribution < 1.29 is 9.90 Å². The van der Waals surface area contributed by atoms with Gasteiger partial charge < -0.3 is 15.7 Å². The summed E-state index contributed by atoms with van der Waals surface area (Å²) in [4.78, 5) is 21.7. The zero-order chi connectivity index (χ0) is 19.3. The zero-order valence-electron chi connectivity index (χ0n) is 14.7. The predicted octanol–water partition coefficient (Wildman–Crippen LogP) is 4.91. The molecule has 28 heavy (non-hydrogen) atoms. The van der Waals surface area contributed by atoms with Gasteiger partial charge in [-0.15, -0.1) is 11.3 Å². The van der Waals surface area contributed by atoms with E-state index in [9.17, 15) is 9.90 Å². The molecule has 2 aromatic carbocycles. The molecule has 4 aromatic rings. The van der Waals surface area contributed by atoms with Crippen molar-refractivity contribution in [2.24, 2.45) is 0 Å². The van der Waals surface area contributed by atoms with Gasteiger partial charge in [0.05, 0.1) is 10.6 Å². The maximum Gasteiger partial charge on any atom is 0.265 e. The fourth-order valence-corrected chi connectivity index (χ4v) is 3.27. The minimum absolute atomic E-state index is 0.138. The molecule has 0 radical (unpaired) electrons. The molecule has 0 aliphatic rings. The maximum absolute atomic E-state index is 12.3. The van der Waals surface area contributed by atoms with Crippen LogP contribution in [0.2, 0.25) is 0 Å². The summed E-state index contributed by atoms with van der Waals surface area (Å²) in [7, 11) is 0. The molecule has 1 amide bonds. The van der Waals surface area contributed by atoms with Gasteiger partial charge in [-0.3, -0.25) is 4.79 Å². The van der Waals surface area contributed by atoms with E-state index in [0.29, 0.717) is 27.9 Å². The number of hydrogen-bond acceptors (Lipinski definition) is 6. The van der Waals surface area contributed by atoms with Crippen LogP contribution in [0.1, 0.15) is 9.67 Å². The normalized spacial score (nSPS) is 10.4. The monoisotopic (exact) mass is 388 g/mol. The van der Waals surface area contributed by atoms with Crippen LogP contribution in [-0.2, 0) is 0 Å². The largest absolute Gasteiger partial charge is 0.508 e. The number of rotatable bonds is 5. The molecule has 0 bridgehead atoms. The second-order valence-electron chi connectivity index (χ2n) is 5.95. The molecular weight excluding hydrogens is 372 g/mol. The van der Waals surface area contributed by atoms with Crippen molar-refractivity contribution in [1.29, 1.82) is 0 Å². The second kappa shape index (κ2) is 7.89. The van der Waals surface area contributed by atoms with Crippen LogP contribution in [0.5, 0.6) is 5.75 Å². The van der Waals surface area contributed by atoms with E-state index in [-0.39, 0.29) is 11.7 Å². The number of hydrogen-bond donors (Lipinski definition) is 3. The Morgan fingerprint density at radius 3 is 2.64 bits per heavy atom. The van der Waals surface area contributed by atoms with Crippen LogP contribution in [0, 0.1) is 0 Å². The molecule has 4 rings (SSSR count). The van der Waals surface area contributed by atoms with E-state index in [4.69, 9.17) is 0 Å². The van der Waals surface area contributed by atoms with Gasteiger partial charge in [0.2, 0.25) is 5.95 Å². The van der Waals surface area contributed by atoms with Gasteiger partial charge in [0.1, 0.15) is 5.75 Å². The lowest BCUT2D eigenvalue weighted by Gasteiger charge is -2.09. The number of carbonyl (C=O) groups excluding carboxylic acids is 1. The van der Waals surface area contributed by atoms with Gasteiger partial charge in [0.25, 0.3) is 5.91 Å². The van der Waals surface area contributed by atoms with E-state index < -0.39 is 0 Å². The lowest BCUT2D eigenvalue weighted by Crippen LogP contribution is -2.10. The van der Waals surface area contributed by atoms with Gasteiger partial charge in [0.15, 0.2) is 0 Å². The first kappa shape index (κ1) is 17.7. The van der Waals surface area contributed by atoms with E-state index >= 15 is 0 Å². The Bertz CT molecular complexity index is 1110. The fraction of sp³-hybridized carbons (Fsp3) is 0. The summed E-state index contributed by atoms with van der Waals surface area (Å²) in [6.45, 7) is 0. The number of benzene rings is 2. The number of thiophene rings is 1. The van der Waals surface area contributed by atoms with E-state index in [1.165, 1.54) is 11.3 Å². The Morgan fingerprint density at radius 1 is 0.964 bits per heavy atom. The highest BCUT2D eigenvalue weighted by Gasteiger charge is 2.09. The predicted molar refractivity (Wildman–Crippen MR) is 111 cm³/mol. The molecule has 2 aromatic heterocycles. The summed E-state index contributed by atoms with van der Waals surface area (Å²) in [5.41, 5.74) is 2.95. The second-order valence-corrected chi connectivity index (χ2v) is 6.90. The fourth-order valence-electron chi connectivity index (χ4n) is 2.65. The number of phenols is 1. The number of nitrogens with one attached hydrogen (secondary N) is 2. The zero-order valence-corrected chi connectivity index (χ0v) is 15.5. The number of nitrogens with zero attached hydrogens (tertiary/aromatic N) is 2. The van der Waals surface area contributed by atoms with Crippen LogP contribution in [0.3, 0.4) is 0 Å². The highest BCUT2D eigenvalue weighted by molar-refractivity contribution is 7.12. The minimum Gasteiger partial charge on any atom is -0.508 e. The van der Waals surface area contributed by atoms with Crippen LogP contribution < -0.4 is 10.6 Å². The third kappa shape index (κ3) is 4.16. The molecule has 0 aliphatic heterocycles. The average Bonchev–Trinajstić information content (AvgIpc) is 3.24. The lowest BCUT2D eigenvalue weighted by atomic mass is 10.1. The molecular formula is C21H16N4O2S. The Hall–Kier alpha value is -3.71. The number of aromatic nitrogens is 2. The van der Waals surface area contributed by atoms with Crippen molar-refractivity contribution in [3.05, 3.63) is 83.2 Å². The van der Waals surface area contributed by atoms with Crippen molar-refractivity contribution in [3.63, 3.8) is 0 Å². The van der Waals surface area contributed by atoms with Gasteiger partial charge in [-0.05, 0) is 41.8 Å². The highest BCUT2D eigenvalue weighted by atomic mass is 32.1. The first-order valence-corrected chi connectivity index (χ1v) is 9.40. The molecule has 7 heteroatoms. The molecule has 6 nitrogen and oxygen atoms in total. The average molecular weight is 388 g/mol. The smallest absolute Gasteiger partial charge is 0.265 e. The summed E-state index contributed by atoms with van der Waals surface area (Å²) in [5.74, 6) is 0.438. The van der Waals surface area contributed by atoms with Crippen LogP contribution in [0.4, 0.5) is 17.3 Å². The topological polar surface area (TPSA) is 87.1 Å². The first-order chi connectivity index (χ1) is 13.7. The van der Waals surface area contributed by atoms with E-state index in [2.05, 4.69) is 20.6 Å². The quantitative estimate of drug-likeness (QED) is 0.452. The van der Waals surface area contributed by atoms with E-state index in [1.54, 1.807) is 36.5 Å². The van der Waals surface area contributed by atoms with Crippen LogP contribution in [-0.4, -0.2) is 21.0 Å². The van der Waals surface area contributed by atoms with Crippen molar-refractivity contribution >= 4 is 34.6 Å². The van der Waals surface area contributed by atoms with Gasteiger partial charge in [-0.1, -0.05) is 24.3 Å². The Kier molecular flexibility index (Phi) is 4.99. The minimum atomic E-state index is -0.138. The SMILES string of the molecule is O=C(Nc1cccc(-c2ccnc(Nc3cccc(O)c3)n2)c1)c1cccs1. The van der Waals surface area contributed by atoms with Crippen molar-refractivity contribution in [2.75, 3.05) is 10.6 Å². The molecule has 0 saturated carbocycles. The van der Waals surface area contributed by atoms with Crippen LogP contribution in [0.25, 0.3) is 11.3 Å². The third-order valence-corrected chi connectivity index (χ3v) is 4.79. The maximum atomic E-state index is 12.3. The molecule has 0 saturated heterocycles. The molecule has 0 unspecified atom stereocenters. The van der Waals surface area contributed by atoms with E-state index in [1.807, 2.05) is 41.8 Å². The molecule has 0 spiro atoms. The van der Waals surface area contributed by atoms with Crippen LogP contribution >= 0.6 is 11.3 Å². The molecule has 2 heterocycles. The summed E-state index contributed by atoms with van der Waals surface area (Å²) in [6.07, 6.45) is 1.66. The molecule has 3 N–H and O–H groups in total. The highest BCUT2D eigenvalue weighted by Crippen LogP contribution is 2.24. The lowest BCUT2D eigenvalue weighted by molar-refractivity contribution is 0.103. The van der Waals surface area contributed by atoms with Gasteiger partial charge >= 0.3 is 0 Å². The number of aromatic hydroxyl groups is 1.